The molecule has 0 N–H and O–H groups in total. The lowest BCUT2D eigenvalue weighted by molar-refractivity contribution is 0.0888. The van der Waals surface area contributed by atoms with Crippen LogP contribution in [-0.2, 0) is 0 Å². The van der Waals surface area contributed by atoms with Crippen LogP contribution in [0.3, 0.4) is 0 Å². The average molecular weight is 341 g/mol. The summed E-state index contributed by atoms with van der Waals surface area (Å²) in [5.74, 6) is 7.76. The van der Waals surface area contributed by atoms with Gasteiger partial charge in [-0.15, -0.1) is 0 Å². The summed E-state index contributed by atoms with van der Waals surface area (Å²) in [4.78, 5) is 0.149. The molecule has 2 aromatic carbocycles. The van der Waals surface area contributed by atoms with Crippen LogP contribution in [0.5, 0.6) is 5.75 Å². The Labute approximate surface area is 134 Å². The van der Waals surface area contributed by atoms with Gasteiger partial charge in [0.25, 0.3) is 0 Å². The number of hydrogen-bond acceptors (Lipinski definition) is 1. The van der Waals surface area contributed by atoms with Crippen LogP contribution in [-0.4, -0.2) is 10.4 Å². The van der Waals surface area contributed by atoms with Crippen molar-refractivity contribution in [3.63, 3.8) is 0 Å². The van der Waals surface area contributed by atoms with E-state index in [1.165, 1.54) is 0 Å². The Balaban J connectivity index is 2.02. The van der Waals surface area contributed by atoms with Crippen LogP contribution in [0.1, 0.15) is 30.9 Å². The van der Waals surface area contributed by atoms with Crippen LogP contribution in [0.15, 0.2) is 54.6 Å². The second-order valence-electron chi connectivity index (χ2n) is 5.76. The van der Waals surface area contributed by atoms with Gasteiger partial charge in [-0.25, -0.2) is 0 Å². The lowest BCUT2D eigenvalue weighted by Crippen LogP contribution is -2.45. The van der Waals surface area contributed by atoms with E-state index in [4.69, 9.17) is 4.74 Å². The molecule has 2 atom stereocenters. The molecular formula is C19H17BrO. The number of hydrogen-bond donors (Lipinski definition) is 0. The predicted molar refractivity (Wildman–Crippen MR) is 89.9 cm³/mol. The van der Waals surface area contributed by atoms with E-state index >= 15 is 0 Å². The first-order valence-corrected chi connectivity index (χ1v) is 7.98. The second-order valence-corrected chi connectivity index (χ2v) is 6.74. The van der Waals surface area contributed by atoms with Gasteiger partial charge in [0.1, 0.15) is 11.4 Å². The SMILES string of the molecule is CC1(C)Oc2ccccc2C(C#Cc2ccccc2)[C@@H]1Br. The fourth-order valence-corrected chi connectivity index (χ4v) is 3.07. The molecule has 0 radical (unpaired) electrons. The second kappa shape index (κ2) is 5.58. The van der Waals surface area contributed by atoms with Crippen LogP contribution < -0.4 is 4.74 Å². The Bertz CT molecular complexity index is 694. The van der Waals surface area contributed by atoms with Crippen molar-refractivity contribution in [2.24, 2.45) is 0 Å². The van der Waals surface area contributed by atoms with Gasteiger partial charge in [0.2, 0.25) is 0 Å². The molecule has 0 fully saturated rings. The highest BCUT2D eigenvalue weighted by Crippen LogP contribution is 2.44. The van der Waals surface area contributed by atoms with Gasteiger partial charge in [0.15, 0.2) is 0 Å². The first-order valence-electron chi connectivity index (χ1n) is 7.06. The van der Waals surface area contributed by atoms with E-state index in [-0.39, 0.29) is 16.3 Å². The molecule has 2 aromatic rings. The standard InChI is InChI=1S/C19H17BrO/c1-19(2)18(20)16(13-12-14-8-4-3-5-9-14)15-10-6-7-11-17(15)21-19/h3-11,16,18H,1-2H3/t16?,18-/m0/s1. The number of alkyl halides is 1. The van der Waals surface area contributed by atoms with E-state index in [1.54, 1.807) is 0 Å². The third-order valence-electron chi connectivity index (χ3n) is 3.73. The van der Waals surface area contributed by atoms with E-state index in [1.807, 2.05) is 48.5 Å². The molecule has 1 unspecified atom stereocenters. The van der Waals surface area contributed by atoms with Crippen molar-refractivity contribution in [1.29, 1.82) is 0 Å². The maximum Gasteiger partial charge on any atom is 0.124 e. The van der Waals surface area contributed by atoms with Crippen molar-refractivity contribution < 1.29 is 4.74 Å². The Hall–Kier alpha value is -1.72. The smallest absolute Gasteiger partial charge is 0.124 e. The van der Waals surface area contributed by atoms with Gasteiger partial charge in [-0.2, -0.15) is 0 Å². The molecule has 0 saturated heterocycles. The van der Waals surface area contributed by atoms with Crippen LogP contribution in [0.2, 0.25) is 0 Å². The maximum atomic E-state index is 6.10. The highest BCUT2D eigenvalue weighted by Gasteiger charge is 2.41. The summed E-state index contributed by atoms with van der Waals surface area (Å²) in [5.41, 5.74) is 1.91. The summed E-state index contributed by atoms with van der Waals surface area (Å²) in [5, 5.41) is 0. The van der Waals surface area contributed by atoms with Gasteiger partial charge in [-0.1, -0.05) is 64.2 Å². The van der Waals surface area contributed by atoms with Gasteiger partial charge >= 0.3 is 0 Å². The predicted octanol–water partition coefficient (Wildman–Crippen LogP) is 4.76. The molecule has 1 nitrogen and oxygen atoms in total. The monoisotopic (exact) mass is 340 g/mol. The number of ether oxygens (including phenoxy) is 1. The first-order chi connectivity index (χ1) is 10.1. The minimum absolute atomic E-state index is 0.116. The number of rotatable bonds is 0. The molecule has 2 heteroatoms. The molecule has 1 aliphatic heterocycles. The summed E-state index contributed by atoms with van der Waals surface area (Å²) < 4.78 is 6.10. The Morgan fingerprint density at radius 1 is 1.00 bits per heavy atom. The normalized spacial score (nSPS) is 22.4. The van der Waals surface area contributed by atoms with E-state index in [0.717, 1.165) is 16.9 Å². The van der Waals surface area contributed by atoms with E-state index in [9.17, 15) is 0 Å². The van der Waals surface area contributed by atoms with Gasteiger partial charge in [-0.3, -0.25) is 0 Å². The fourth-order valence-electron chi connectivity index (χ4n) is 2.56. The lowest BCUT2D eigenvalue weighted by atomic mass is 9.84. The van der Waals surface area contributed by atoms with Crippen LogP contribution >= 0.6 is 15.9 Å². The average Bonchev–Trinajstić information content (AvgIpc) is 2.48. The van der Waals surface area contributed by atoms with Crippen molar-refractivity contribution in [2.75, 3.05) is 0 Å². The zero-order valence-corrected chi connectivity index (χ0v) is 13.7. The van der Waals surface area contributed by atoms with Gasteiger partial charge in [0, 0.05) is 11.1 Å². The lowest BCUT2D eigenvalue weighted by Gasteiger charge is -2.40. The highest BCUT2D eigenvalue weighted by molar-refractivity contribution is 9.09. The summed E-state index contributed by atoms with van der Waals surface area (Å²) >= 11 is 3.79. The van der Waals surface area contributed by atoms with E-state index < -0.39 is 0 Å². The fraction of sp³-hybridized carbons (Fsp3) is 0.263. The van der Waals surface area contributed by atoms with Crippen molar-refractivity contribution in [3.05, 3.63) is 65.7 Å². The molecule has 3 rings (SSSR count). The number of halogens is 1. The zero-order chi connectivity index (χ0) is 14.9. The van der Waals surface area contributed by atoms with Gasteiger partial charge < -0.3 is 4.74 Å². The highest BCUT2D eigenvalue weighted by atomic mass is 79.9. The molecule has 0 saturated carbocycles. The Morgan fingerprint density at radius 3 is 2.43 bits per heavy atom. The van der Waals surface area contributed by atoms with Crippen LogP contribution in [0, 0.1) is 11.8 Å². The largest absolute Gasteiger partial charge is 0.486 e. The van der Waals surface area contributed by atoms with Crippen molar-refractivity contribution in [2.45, 2.75) is 30.2 Å². The summed E-state index contributed by atoms with van der Waals surface area (Å²) in [7, 11) is 0. The molecule has 1 aliphatic rings. The third-order valence-corrected chi connectivity index (χ3v) is 5.36. The van der Waals surface area contributed by atoms with E-state index in [2.05, 4.69) is 47.7 Å². The van der Waals surface area contributed by atoms with Crippen LogP contribution in [0.4, 0.5) is 0 Å². The molecule has 1 heterocycles. The Kier molecular flexibility index (Phi) is 3.78. The van der Waals surface area contributed by atoms with Gasteiger partial charge in [-0.05, 0) is 32.0 Å². The summed E-state index contributed by atoms with van der Waals surface area (Å²) in [6, 6.07) is 18.3. The molecule has 0 amide bonds. The molecule has 0 aliphatic carbocycles. The van der Waals surface area contributed by atoms with Crippen LogP contribution in [0.25, 0.3) is 0 Å². The minimum atomic E-state index is -0.287. The summed E-state index contributed by atoms with van der Waals surface area (Å²) in [6.45, 7) is 4.19. The number of benzene rings is 2. The zero-order valence-electron chi connectivity index (χ0n) is 12.1. The molecule has 0 aromatic heterocycles. The number of para-hydroxylation sites is 1. The van der Waals surface area contributed by atoms with Crippen molar-refractivity contribution >= 4 is 15.9 Å². The van der Waals surface area contributed by atoms with Crippen molar-refractivity contribution in [1.82, 2.24) is 0 Å². The number of fused-ring (bicyclic) bond motifs is 1. The van der Waals surface area contributed by atoms with Crippen molar-refractivity contribution in [3.8, 4) is 17.6 Å². The molecule has 0 spiro atoms. The summed E-state index contributed by atoms with van der Waals surface area (Å²) in [6.07, 6.45) is 0. The third kappa shape index (κ3) is 2.84. The molecule has 21 heavy (non-hydrogen) atoms. The maximum absolute atomic E-state index is 6.10. The minimum Gasteiger partial charge on any atom is -0.486 e. The molecule has 106 valence electrons. The molecule has 0 bridgehead atoms. The van der Waals surface area contributed by atoms with Gasteiger partial charge in [0.05, 0.1) is 10.7 Å². The Morgan fingerprint density at radius 2 is 1.67 bits per heavy atom. The molecular weight excluding hydrogens is 324 g/mol. The topological polar surface area (TPSA) is 9.23 Å². The quantitative estimate of drug-likeness (QED) is 0.496. The van der Waals surface area contributed by atoms with E-state index in [0.29, 0.717) is 0 Å². The first kappa shape index (κ1) is 14.2.